The van der Waals surface area contributed by atoms with Crippen LogP contribution >= 0.6 is 0 Å². The van der Waals surface area contributed by atoms with Crippen LogP contribution in [0.3, 0.4) is 0 Å². The van der Waals surface area contributed by atoms with Crippen LogP contribution in [0.2, 0.25) is 0 Å². The van der Waals surface area contributed by atoms with Crippen LogP contribution in [-0.2, 0) is 14.3 Å². The molecule has 0 bridgehead atoms. The number of hydrogen-bond acceptors (Lipinski definition) is 4. The summed E-state index contributed by atoms with van der Waals surface area (Å²) in [5, 5.41) is 0. The van der Waals surface area contributed by atoms with Gasteiger partial charge in [0, 0.05) is 32.1 Å². The van der Waals surface area contributed by atoms with E-state index in [9.17, 15) is 9.59 Å². The predicted octanol–water partition coefficient (Wildman–Crippen LogP) is -0.179. The second-order valence-corrected chi connectivity index (χ2v) is 5.62. The number of carbonyl (C=O) groups is 2. The number of carbonyl (C=O) groups excluding carboxylic acids is 2. The third-order valence-electron chi connectivity index (χ3n) is 4.17. The van der Waals surface area contributed by atoms with Crippen molar-refractivity contribution in [2.75, 3.05) is 39.4 Å². The van der Waals surface area contributed by atoms with Gasteiger partial charge in [0.25, 0.3) is 0 Å². The Hall–Kier alpha value is -1.14. The van der Waals surface area contributed by atoms with Crippen molar-refractivity contribution >= 4 is 11.8 Å². The van der Waals surface area contributed by atoms with Gasteiger partial charge in [0.15, 0.2) is 0 Å². The number of hydrogen-bond donors (Lipinski definition) is 1. The molecule has 2 amide bonds. The monoisotopic (exact) mass is 283 g/mol. The van der Waals surface area contributed by atoms with Crippen LogP contribution in [-0.4, -0.2) is 67.0 Å². The van der Waals surface area contributed by atoms with E-state index in [1.165, 1.54) is 0 Å². The molecule has 0 aliphatic carbocycles. The topological polar surface area (TPSA) is 75.9 Å². The van der Waals surface area contributed by atoms with E-state index in [-0.39, 0.29) is 23.8 Å². The van der Waals surface area contributed by atoms with Crippen LogP contribution < -0.4 is 5.73 Å². The van der Waals surface area contributed by atoms with Crippen LogP contribution in [0.15, 0.2) is 0 Å². The molecule has 2 fully saturated rings. The fourth-order valence-corrected chi connectivity index (χ4v) is 2.83. The number of nitrogens with two attached hydrogens (primary N) is 1. The van der Waals surface area contributed by atoms with Crippen LogP contribution in [0.5, 0.6) is 0 Å². The highest BCUT2D eigenvalue weighted by atomic mass is 16.5. The average molecular weight is 283 g/mol. The Kier molecular flexibility index (Phi) is 5.37. The van der Waals surface area contributed by atoms with Gasteiger partial charge in [-0.1, -0.05) is 6.92 Å². The number of nitrogens with zero attached hydrogens (tertiary/aromatic N) is 2. The molecule has 0 radical (unpaired) electrons. The first-order valence-corrected chi connectivity index (χ1v) is 7.52. The second kappa shape index (κ2) is 7.04. The summed E-state index contributed by atoms with van der Waals surface area (Å²) in [6, 6.07) is -0.302. The molecule has 2 heterocycles. The molecule has 6 heteroatoms. The van der Waals surface area contributed by atoms with Crippen molar-refractivity contribution in [3.05, 3.63) is 0 Å². The molecule has 0 aromatic carbocycles. The number of morpholine rings is 1. The lowest BCUT2D eigenvalue weighted by Crippen LogP contribution is -2.56. The third-order valence-corrected chi connectivity index (χ3v) is 4.17. The summed E-state index contributed by atoms with van der Waals surface area (Å²) in [6.45, 7) is 5.26. The summed E-state index contributed by atoms with van der Waals surface area (Å²) >= 11 is 0. The summed E-state index contributed by atoms with van der Waals surface area (Å²) < 4.78 is 5.28. The summed E-state index contributed by atoms with van der Waals surface area (Å²) in [6.07, 6.45) is 2.73. The molecule has 0 spiro atoms. The molecule has 2 atom stereocenters. The maximum atomic E-state index is 12.6. The van der Waals surface area contributed by atoms with E-state index in [2.05, 4.69) is 0 Å². The van der Waals surface area contributed by atoms with Crippen molar-refractivity contribution in [3.8, 4) is 0 Å². The van der Waals surface area contributed by atoms with Crippen LogP contribution in [0, 0.1) is 5.92 Å². The van der Waals surface area contributed by atoms with Gasteiger partial charge in [-0.05, 0) is 19.3 Å². The average Bonchev–Trinajstić information content (AvgIpc) is 2.53. The first kappa shape index (κ1) is 15.3. The van der Waals surface area contributed by atoms with Gasteiger partial charge in [0.1, 0.15) is 6.04 Å². The standard InChI is InChI=1S/C14H25N3O3/c1-11(10-15)13(18)17-5-3-2-4-12(17)14(19)16-6-8-20-9-7-16/h11-12H,2-10,15H2,1H3. The van der Waals surface area contributed by atoms with Crippen molar-refractivity contribution in [3.63, 3.8) is 0 Å². The SMILES string of the molecule is CC(CN)C(=O)N1CCCCC1C(=O)N1CCOCC1. The van der Waals surface area contributed by atoms with E-state index in [1.807, 2.05) is 11.8 Å². The van der Waals surface area contributed by atoms with Gasteiger partial charge in [0.05, 0.1) is 13.2 Å². The molecule has 2 saturated heterocycles. The van der Waals surface area contributed by atoms with Gasteiger partial charge >= 0.3 is 0 Å². The molecule has 0 aromatic rings. The Morgan fingerprint density at radius 3 is 2.60 bits per heavy atom. The van der Waals surface area contributed by atoms with Crippen LogP contribution in [0.25, 0.3) is 0 Å². The van der Waals surface area contributed by atoms with E-state index in [4.69, 9.17) is 10.5 Å². The molecule has 114 valence electrons. The number of likely N-dealkylation sites (tertiary alicyclic amines) is 1. The Morgan fingerprint density at radius 2 is 1.95 bits per heavy atom. The van der Waals surface area contributed by atoms with E-state index < -0.39 is 0 Å². The van der Waals surface area contributed by atoms with Crippen molar-refractivity contribution in [1.82, 2.24) is 9.80 Å². The van der Waals surface area contributed by atoms with E-state index >= 15 is 0 Å². The molecule has 0 saturated carbocycles. The zero-order valence-corrected chi connectivity index (χ0v) is 12.2. The lowest BCUT2D eigenvalue weighted by Gasteiger charge is -2.39. The zero-order valence-electron chi connectivity index (χ0n) is 12.2. The van der Waals surface area contributed by atoms with Crippen molar-refractivity contribution in [2.24, 2.45) is 11.7 Å². The van der Waals surface area contributed by atoms with Gasteiger partial charge in [-0.15, -0.1) is 0 Å². The van der Waals surface area contributed by atoms with E-state index in [1.54, 1.807) is 4.90 Å². The van der Waals surface area contributed by atoms with Crippen LogP contribution in [0.1, 0.15) is 26.2 Å². The highest BCUT2D eigenvalue weighted by Crippen LogP contribution is 2.21. The summed E-state index contributed by atoms with van der Waals surface area (Å²) in [7, 11) is 0. The van der Waals surface area contributed by atoms with Gasteiger partial charge in [-0.2, -0.15) is 0 Å². The highest BCUT2D eigenvalue weighted by molar-refractivity contribution is 5.88. The van der Waals surface area contributed by atoms with Gasteiger partial charge in [-0.25, -0.2) is 0 Å². The fourth-order valence-electron chi connectivity index (χ4n) is 2.83. The summed E-state index contributed by atoms with van der Waals surface area (Å²) in [4.78, 5) is 28.6. The Bertz CT molecular complexity index is 356. The summed E-state index contributed by atoms with van der Waals surface area (Å²) in [5.41, 5.74) is 5.58. The lowest BCUT2D eigenvalue weighted by molar-refractivity contribution is -0.151. The fraction of sp³-hybridized carbons (Fsp3) is 0.857. The highest BCUT2D eigenvalue weighted by Gasteiger charge is 2.36. The minimum absolute atomic E-state index is 0.0128. The Balaban J connectivity index is 2.05. The van der Waals surface area contributed by atoms with E-state index in [0.29, 0.717) is 39.4 Å². The molecule has 2 aliphatic rings. The molecule has 2 unspecified atom stereocenters. The molecule has 6 nitrogen and oxygen atoms in total. The number of ether oxygens (including phenoxy) is 1. The number of rotatable bonds is 3. The first-order valence-electron chi connectivity index (χ1n) is 7.52. The summed E-state index contributed by atoms with van der Waals surface area (Å²) in [5.74, 6) is -0.127. The minimum Gasteiger partial charge on any atom is -0.378 e. The molecule has 20 heavy (non-hydrogen) atoms. The smallest absolute Gasteiger partial charge is 0.245 e. The number of amides is 2. The Labute approximate surface area is 120 Å². The second-order valence-electron chi connectivity index (χ2n) is 5.62. The normalized spacial score (nSPS) is 25.4. The molecule has 2 aliphatic heterocycles. The van der Waals surface area contributed by atoms with Crippen molar-refractivity contribution < 1.29 is 14.3 Å². The van der Waals surface area contributed by atoms with Crippen molar-refractivity contribution in [1.29, 1.82) is 0 Å². The molecule has 0 aromatic heterocycles. The minimum atomic E-state index is -0.302. The van der Waals surface area contributed by atoms with Crippen LogP contribution in [0.4, 0.5) is 0 Å². The lowest BCUT2D eigenvalue weighted by atomic mass is 9.98. The first-order chi connectivity index (χ1) is 9.65. The third kappa shape index (κ3) is 3.30. The van der Waals surface area contributed by atoms with Gasteiger partial charge in [0.2, 0.25) is 11.8 Å². The largest absolute Gasteiger partial charge is 0.378 e. The Morgan fingerprint density at radius 1 is 1.25 bits per heavy atom. The predicted molar refractivity (Wildman–Crippen MR) is 75.0 cm³/mol. The quantitative estimate of drug-likeness (QED) is 0.779. The maximum absolute atomic E-state index is 12.6. The number of piperidine rings is 1. The zero-order chi connectivity index (χ0) is 14.5. The van der Waals surface area contributed by atoms with Gasteiger partial charge in [-0.3, -0.25) is 9.59 Å². The van der Waals surface area contributed by atoms with E-state index in [0.717, 1.165) is 19.3 Å². The molecule has 2 rings (SSSR count). The molecule has 2 N–H and O–H groups in total. The maximum Gasteiger partial charge on any atom is 0.245 e. The molecular weight excluding hydrogens is 258 g/mol. The van der Waals surface area contributed by atoms with Crippen molar-refractivity contribution in [2.45, 2.75) is 32.2 Å². The van der Waals surface area contributed by atoms with Gasteiger partial charge < -0.3 is 20.3 Å². The molecular formula is C14H25N3O3.